The van der Waals surface area contributed by atoms with Gasteiger partial charge in [-0.15, -0.1) is 0 Å². The van der Waals surface area contributed by atoms with Gasteiger partial charge in [-0.05, 0) is 44.0 Å². The van der Waals surface area contributed by atoms with E-state index in [1.54, 1.807) is 28.9 Å². The number of anilines is 2. The zero-order valence-corrected chi connectivity index (χ0v) is 13.5. The molecule has 2 N–H and O–H groups in total. The number of nitrogens with zero attached hydrogens (tertiary/aromatic N) is 3. The van der Waals surface area contributed by atoms with Gasteiger partial charge in [-0.1, -0.05) is 6.07 Å². The van der Waals surface area contributed by atoms with E-state index < -0.39 is 5.97 Å². The number of benzene rings is 1. The van der Waals surface area contributed by atoms with Gasteiger partial charge in [0.15, 0.2) is 11.6 Å². The van der Waals surface area contributed by atoms with Crippen molar-refractivity contribution in [2.24, 2.45) is 0 Å². The summed E-state index contributed by atoms with van der Waals surface area (Å²) in [5.74, 6) is -0.530. The highest BCUT2D eigenvalue weighted by Crippen LogP contribution is 2.27. The van der Waals surface area contributed by atoms with Crippen LogP contribution in [0.15, 0.2) is 30.7 Å². The molecule has 3 rings (SSSR count). The van der Waals surface area contributed by atoms with Crippen LogP contribution in [0.2, 0.25) is 0 Å². The Morgan fingerprint density at radius 1 is 1.25 bits per heavy atom. The third-order valence-electron chi connectivity index (χ3n) is 3.94. The first-order valence-corrected chi connectivity index (χ1v) is 7.33. The van der Waals surface area contributed by atoms with Crippen LogP contribution in [0.4, 0.5) is 11.5 Å². The van der Waals surface area contributed by atoms with Crippen molar-refractivity contribution in [3.8, 4) is 0 Å². The summed E-state index contributed by atoms with van der Waals surface area (Å²) in [5.41, 5.74) is 3.74. The van der Waals surface area contributed by atoms with Gasteiger partial charge >= 0.3 is 5.97 Å². The Morgan fingerprint density at radius 2 is 2.00 bits per heavy atom. The number of aromatic carboxylic acids is 1. The van der Waals surface area contributed by atoms with Crippen molar-refractivity contribution in [1.82, 2.24) is 14.6 Å². The van der Waals surface area contributed by atoms with E-state index in [1.807, 2.05) is 13.8 Å². The SMILES string of the molecule is CC(=O)c1cn2ncnc(Nc3cc(C(=O)O)ccc3C)c2c1C. The van der Waals surface area contributed by atoms with Gasteiger partial charge in [0.2, 0.25) is 0 Å². The molecule has 24 heavy (non-hydrogen) atoms. The molecule has 122 valence electrons. The van der Waals surface area contributed by atoms with Crippen LogP contribution in [-0.4, -0.2) is 31.5 Å². The number of carbonyl (C=O) groups is 2. The third kappa shape index (κ3) is 2.60. The molecule has 0 amide bonds. The predicted molar refractivity (Wildman–Crippen MR) is 89.1 cm³/mol. The third-order valence-corrected chi connectivity index (χ3v) is 3.94. The molecule has 2 aromatic heterocycles. The van der Waals surface area contributed by atoms with Crippen LogP contribution in [0, 0.1) is 13.8 Å². The summed E-state index contributed by atoms with van der Waals surface area (Å²) in [5, 5.41) is 16.4. The molecule has 0 fully saturated rings. The minimum absolute atomic E-state index is 0.0481. The van der Waals surface area contributed by atoms with Gasteiger partial charge in [-0.25, -0.2) is 14.3 Å². The number of hydrogen-bond donors (Lipinski definition) is 2. The van der Waals surface area contributed by atoms with E-state index in [0.717, 1.165) is 11.1 Å². The number of carboxylic acids is 1. The normalized spacial score (nSPS) is 10.8. The zero-order valence-electron chi connectivity index (χ0n) is 13.5. The van der Waals surface area contributed by atoms with E-state index in [1.165, 1.54) is 13.3 Å². The van der Waals surface area contributed by atoms with E-state index in [-0.39, 0.29) is 11.3 Å². The van der Waals surface area contributed by atoms with Crippen LogP contribution in [0.5, 0.6) is 0 Å². The van der Waals surface area contributed by atoms with Gasteiger partial charge in [-0.3, -0.25) is 4.79 Å². The number of fused-ring (bicyclic) bond motifs is 1. The van der Waals surface area contributed by atoms with E-state index in [2.05, 4.69) is 15.4 Å². The molecule has 0 atom stereocenters. The number of ketones is 1. The minimum atomic E-state index is -0.997. The molecule has 0 saturated heterocycles. The Morgan fingerprint density at radius 3 is 2.67 bits per heavy atom. The van der Waals surface area contributed by atoms with Gasteiger partial charge in [0.25, 0.3) is 0 Å². The molecule has 2 heterocycles. The fraction of sp³-hybridized carbons (Fsp3) is 0.176. The van der Waals surface area contributed by atoms with Crippen LogP contribution in [0.1, 0.15) is 38.8 Å². The number of aryl methyl sites for hydroxylation is 2. The lowest BCUT2D eigenvalue weighted by Crippen LogP contribution is -2.03. The highest BCUT2D eigenvalue weighted by Gasteiger charge is 2.16. The number of rotatable bonds is 4. The van der Waals surface area contributed by atoms with Crippen LogP contribution >= 0.6 is 0 Å². The minimum Gasteiger partial charge on any atom is -0.478 e. The molecule has 0 bridgehead atoms. The molecule has 3 aromatic rings. The predicted octanol–water partition coefficient (Wildman–Crippen LogP) is 2.99. The Kier molecular flexibility index (Phi) is 3.76. The standard InChI is InChI=1S/C17H16N4O3/c1-9-4-5-12(17(23)24)6-14(9)20-16-15-10(2)13(11(3)22)7-21(15)19-8-18-16/h4-8H,1-3H3,(H,23,24)(H,18,19,20). The molecule has 0 aliphatic rings. The number of carboxylic acid groups (broad SMARTS) is 1. The number of Topliss-reactive ketones (excluding diaryl/α,β-unsaturated/α-hetero) is 1. The van der Waals surface area contributed by atoms with E-state index in [4.69, 9.17) is 5.11 Å². The molecule has 0 aliphatic heterocycles. The largest absolute Gasteiger partial charge is 0.478 e. The Labute approximate surface area is 138 Å². The van der Waals surface area contributed by atoms with Gasteiger partial charge in [0.1, 0.15) is 11.8 Å². The summed E-state index contributed by atoms with van der Waals surface area (Å²) in [7, 11) is 0. The average molecular weight is 324 g/mol. The molecule has 1 aromatic carbocycles. The van der Waals surface area contributed by atoms with Crippen molar-refractivity contribution in [2.75, 3.05) is 5.32 Å². The quantitative estimate of drug-likeness (QED) is 0.716. The Bertz CT molecular complexity index is 975. The summed E-state index contributed by atoms with van der Waals surface area (Å²) in [4.78, 5) is 27.1. The molecule has 7 heteroatoms. The summed E-state index contributed by atoms with van der Waals surface area (Å²) in [6.45, 7) is 5.21. The summed E-state index contributed by atoms with van der Waals surface area (Å²) < 4.78 is 1.60. The molecule has 7 nitrogen and oxygen atoms in total. The number of nitrogens with one attached hydrogen (secondary N) is 1. The molecule has 0 unspecified atom stereocenters. The van der Waals surface area contributed by atoms with Crippen LogP contribution in [0.25, 0.3) is 5.52 Å². The van der Waals surface area contributed by atoms with Crippen molar-refractivity contribution < 1.29 is 14.7 Å². The lowest BCUT2D eigenvalue weighted by Gasteiger charge is -2.11. The van der Waals surface area contributed by atoms with E-state index in [0.29, 0.717) is 22.6 Å². The zero-order chi connectivity index (χ0) is 17.4. The maximum absolute atomic E-state index is 11.7. The number of carbonyl (C=O) groups excluding carboxylic acids is 1. The lowest BCUT2D eigenvalue weighted by molar-refractivity contribution is 0.0696. The molecule has 0 saturated carbocycles. The fourth-order valence-electron chi connectivity index (χ4n) is 2.62. The van der Waals surface area contributed by atoms with Gasteiger partial charge < -0.3 is 10.4 Å². The van der Waals surface area contributed by atoms with Crippen molar-refractivity contribution in [3.63, 3.8) is 0 Å². The van der Waals surface area contributed by atoms with E-state index >= 15 is 0 Å². The second kappa shape index (κ2) is 5.77. The monoisotopic (exact) mass is 324 g/mol. The first-order valence-electron chi connectivity index (χ1n) is 7.33. The summed E-state index contributed by atoms with van der Waals surface area (Å²) >= 11 is 0. The first kappa shape index (κ1) is 15.7. The van der Waals surface area contributed by atoms with Crippen LogP contribution < -0.4 is 5.32 Å². The van der Waals surface area contributed by atoms with E-state index in [9.17, 15) is 9.59 Å². The van der Waals surface area contributed by atoms with Crippen molar-refractivity contribution >= 4 is 28.8 Å². The number of aromatic nitrogens is 3. The highest BCUT2D eigenvalue weighted by atomic mass is 16.4. The second-order valence-corrected chi connectivity index (χ2v) is 5.59. The van der Waals surface area contributed by atoms with Gasteiger partial charge in [0, 0.05) is 17.4 Å². The second-order valence-electron chi connectivity index (χ2n) is 5.59. The molecular weight excluding hydrogens is 308 g/mol. The highest BCUT2D eigenvalue weighted by molar-refractivity contribution is 5.99. The fourth-order valence-corrected chi connectivity index (χ4v) is 2.62. The maximum atomic E-state index is 11.7. The molecular formula is C17H16N4O3. The van der Waals surface area contributed by atoms with Gasteiger partial charge in [0.05, 0.1) is 5.56 Å². The van der Waals surface area contributed by atoms with Crippen LogP contribution in [-0.2, 0) is 0 Å². The Hall–Kier alpha value is -3.22. The van der Waals surface area contributed by atoms with Crippen LogP contribution in [0.3, 0.4) is 0 Å². The molecule has 0 spiro atoms. The van der Waals surface area contributed by atoms with Crippen molar-refractivity contribution in [2.45, 2.75) is 20.8 Å². The molecule has 0 aliphatic carbocycles. The smallest absolute Gasteiger partial charge is 0.335 e. The topological polar surface area (TPSA) is 96.6 Å². The first-order chi connectivity index (χ1) is 11.4. The lowest BCUT2D eigenvalue weighted by atomic mass is 10.1. The van der Waals surface area contributed by atoms with Crippen molar-refractivity contribution in [1.29, 1.82) is 0 Å². The maximum Gasteiger partial charge on any atom is 0.335 e. The number of hydrogen-bond acceptors (Lipinski definition) is 5. The molecule has 0 radical (unpaired) electrons. The average Bonchev–Trinajstić information content (AvgIpc) is 2.87. The summed E-state index contributed by atoms with van der Waals surface area (Å²) in [6, 6.07) is 4.84. The van der Waals surface area contributed by atoms with Crippen molar-refractivity contribution in [3.05, 3.63) is 53.0 Å². The Balaban J connectivity index is 2.13. The van der Waals surface area contributed by atoms with Gasteiger partial charge in [-0.2, -0.15) is 5.10 Å². The summed E-state index contributed by atoms with van der Waals surface area (Å²) in [6.07, 6.45) is 3.05.